The molecule has 0 aromatic carbocycles. The number of carbonyl (C=O) groups is 1. The van der Waals surface area contributed by atoms with Gasteiger partial charge in [0.05, 0.1) is 0 Å². The summed E-state index contributed by atoms with van der Waals surface area (Å²) >= 11 is 0. The third-order valence-corrected chi connectivity index (χ3v) is 2.61. The van der Waals surface area contributed by atoms with E-state index in [0.29, 0.717) is 5.82 Å². The lowest BCUT2D eigenvalue weighted by atomic mass is 10.2. The first-order valence-electron chi connectivity index (χ1n) is 5.57. The molecule has 0 radical (unpaired) electrons. The van der Waals surface area contributed by atoms with Gasteiger partial charge in [0.15, 0.2) is 5.82 Å². The smallest absolute Gasteiger partial charge is 0.249 e. The largest absolute Gasteiger partial charge is 0.305 e. The molecule has 0 aliphatic carbocycles. The summed E-state index contributed by atoms with van der Waals surface area (Å²) in [6.45, 7) is 3.81. The van der Waals surface area contributed by atoms with Crippen LogP contribution in [0.1, 0.15) is 16.8 Å². The zero-order valence-corrected chi connectivity index (χ0v) is 10.3. The Bertz CT molecular complexity index is 572. The molecule has 0 fully saturated rings. The van der Waals surface area contributed by atoms with Crippen LogP contribution in [-0.4, -0.2) is 21.1 Å². The molecule has 2 heterocycles. The molecule has 5 heteroatoms. The van der Waals surface area contributed by atoms with Crippen LogP contribution >= 0.6 is 0 Å². The Balaban J connectivity index is 2.01. The summed E-state index contributed by atoms with van der Waals surface area (Å²) in [4.78, 5) is 15.6. The summed E-state index contributed by atoms with van der Waals surface area (Å²) in [5, 5.41) is 9.54. The summed E-state index contributed by atoms with van der Waals surface area (Å²) < 4.78 is 0. The van der Waals surface area contributed by atoms with Gasteiger partial charge in [-0.05, 0) is 31.6 Å². The average Bonchev–Trinajstić information content (AvgIpc) is 2.70. The van der Waals surface area contributed by atoms with Gasteiger partial charge >= 0.3 is 0 Å². The van der Waals surface area contributed by atoms with E-state index in [2.05, 4.69) is 20.5 Å². The number of amides is 1. The highest BCUT2D eigenvalue weighted by Gasteiger charge is 2.06. The third-order valence-electron chi connectivity index (χ3n) is 2.61. The molecule has 2 aromatic rings. The van der Waals surface area contributed by atoms with Crippen molar-refractivity contribution < 1.29 is 4.79 Å². The van der Waals surface area contributed by atoms with Crippen molar-refractivity contribution in [3.05, 3.63) is 47.4 Å². The summed E-state index contributed by atoms with van der Waals surface area (Å²) in [6, 6.07) is 3.69. The Kier molecular flexibility index (Phi) is 3.52. The molecule has 1 amide bonds. The minimum atomic E-state index is -0.214. The van der Waals surface area contributed by atoms with Gasteiger partial charge in [-0.25, -0.2) is 0 Å². The number of aryl methyl sites for hydroxylation is 1. The fraction of sp³-hybridized carbons (Fsp3) is 0.154. The fourth-order valence-electron chi connectivity index (χ4n) is 1.41. The number of carbonyl (C=O) groups excluding carboxylic acids is 1. The normalized spacial score (nSPS) is 10.8. The third kappa shape index (κ3) is 2.82. The van der Waals surface area contributed by atoms with E-state index in [9.17, 15) is 4.79 Å². The quantitative estimate of drug-likeness (QED) is 0.809. The van der Waals surface area contributed by atoms with Crippen molar-refractivity contribution in [3.63, 3.8) is 0 Å². The molecule has 0 unspecified atom stereocenters. The van der Waals surface area contributed by atoms with Crippen molar-refractivity contribution >= 4 is 17.8 Å². The van der Waals surface area contributed by atoms with Gasteiger partial charge in [-0.3, -0.25) is 14.9 Å². The highest BCUT2D eigenvalue weighted by atomic mass is 16.1. The van der Waals surface area contributed by atoms with E-state index in [-0.39, 0.29) is 5.91 Å². The Morgan fingerprint density at radius 3 is 2.89 bits per heavy atom. The van der Waals surface area contributed by atoms with E-state index in [0.717, 1.165) is 16.8 Å². The van der Waals surface area contributed by atoms with Crippen molar-refractivity contribution in [3.8, 4) is 0 Å². The minimum absolute atomic E-state index is 0.214. The maximum Gasteiger partial charge on any atom is 0.249 e. The second-order valence-corrected chi connectivity index (χ2v) is 3.93. The van der Waals surface area contributed by atoms with Gasteiger partial charge in [0, 0.05) is 29.7 Å². The molecule has 92 valence electrons. The number of H-pyrrole nitrogens is 1. The summed E-state index contributed by atoms with van der Waals surface area (Å²) in [6.07, 6.45) is 6.54. The van der Waals surface area contributed by atoms with Crippen molar-refractivity contribution in [2.75, 3.05) is 5.32 Å². The molecule has 18 heavy (non-hydrogen) atoms. The minimum Gasteiger partial charge on any atom is -0.305 e. The second-order valence-electron chi connectivity index (χ2n) is 3.93. The van der Waals surface area contributed by atoms with E-state index in [1.165, 1.54) is 6.08 Å². The number of nitrogens with one attached hydrogen (secondary N) is 2. The topological polar surface area (TPSA) is 70.7 Å². The van der Waals surface area contributed by atoms with Crippen molar-refractivity contribution in [1.29, 1.82) is 0 Å². The zero-order valence-electron chi connectivity index (χ0n) is 10.3. The fourth-order valence-corrected chi connectivity index (χ4v) is 1.41. The van der Waals surface area contributed by atoms with Crippen LogP contribution in [-0.2, 0) is 4.79 Å². The predicted molar refractivity (Wildman–Crippen MR) is 70.0 cm³/mol. The molecule has 2 rings (SSSR count). The van der Waals surface area contributed by atoms with Crippen LogP contribution in [0, 0.1) is 13.8 Å². The molecular formula is C13H14N4O. The number of aromatic amines is 1. The summed E-state index contributed by atoms with van der Waals surface area (Å²) in [5.41, 5.74) is 2.77. The van der Waals surface area contributed by atoms with Gasteiger partial charge in [-0.15, -0.1) is 0 Å². The van der Waals surface area contributed by atoms with E-state index < -0.39 is 0 Å². The van der Waals surface area contributed by atoms with E-state index in [1.54, 1.807) is 18.5 Å². The molecule has 0 spiro atoms. The van der Waals surface area contributed by atoms with Gasteiger partial charge in [-0.1, -0.05) is 6.07 Å². The number of hydrogen-bond donors (Lipinski definition) is 2. The average molecular weight is 242 g/mol. The van der Waals surface area contributed by atoms with Gasteiger partial charge in [0.2, 0.25) is 5.91 Å². The standard InChI is InChI=1S/C13H14N4O/c1-9-10(2)16-17-13(9)15-12(18)6-5-11-4-3-7-14-8-11/h3-8H,1-2H3,(H2,15,16,17,18)/b6-5+. The van der Waals surface area contributed by atoms with Gasteiger partial charge in [-0.2, -0.15) is 5.10 Å². The highest BCUT2D eigenvalue weighted by molar-refractivity contribution is 6.01. The molecule has 5 nitrogen and oxygen atoms in total. The maximum absolute atomic E-state index is 11.7. The first kappa shape index (κ1) is 12.0. The first-order chi connectivity index (χ1) is 8.66. The first-order valence-corrected chi connectivity index (χ1v) is 5.57. The molecule has 0 aliphatic rings. The lowest BCUT2D eigenvalue weighted by Crippen LogP contribution is -2.09. The van der Waals surface area contributed by atoms with Gasteiger partial charge < -0.3 is 5.32 Å². The van der Waals surface area contributed by atoms with Crippen LogP contribution < -0.4 is 5.32 Å². The lowest BCUT2D eigenvalue weighted by molar-refractivity contribution is -0.111. The number of rotatable bonds is 3. The second kappa shape index (κ2) is 5.27. The zero-order chi connectivity index (χ0) is 13.0. The van der Waals surface area contributed by atoms with Gasteiger partial charge in [0.1, 0.15) is 0 Å². The lowest BCUT2D eigenvalue weighted by Gasteiger charge is -1.98. The molecule has 0 aliphatic heterocycles. The molecule has 0 saturated carbocycles. The Hall–Kier alpha value is -2.43. The Morgan fingerprint density at radius 2 is 2.28 bits per heavy atom. The predicted octanol–water partition coefficient (Wildman–Crippen LogP) is 2.07. The number of pyridine rings is 1. The van der Waals surface area contributed by atoms with E-state index >= 15 is 0 Å². The van der Waals surface area contributed by atoms with Crippen LogP contribution in [0.2, 0.25) is 0 Å². The van der Waals surface area contributed by atoms with Gasteiger partial charge in [0.25, 0.3) is 0 Å². The number of hydrogen-bond acceptors (Lipinski definition) is 3. The Morgan fingerprint density at radius 1 is 1.44 bits per heavy atom. The van der Waals surface area contributed by atoms with E-state index in [1.807, 2.05) is 26.0 Å². The number of aromatic nitrogens is 3. The van der Waals surface area contributed by atoms with Crippen molar-refractivity contribution in [2.24, 2.45) is 0 Å². The molecule has 0 bridgehead atoms. The van der Waals surface area contributed by atoms with Crippen molar-refractivity contribution in [1.82, 2.24) is 15.2 Å². The maximum atomic E-state index is 11.7. The number of anilines is 1. The molecule has 2 aromatic heterocycles. The van der Waals surface area contributed by atoms with Crippen LogP contribution in [0.3, 0.4) is 0 Å². The SMILES string of the molecule is Cc1[nH]nc(NC(=O)/C=C/c2cccnc2)c1C. The van der Waals surface area contributed by atoms with E-state index in [4.69, 9.17) is 0 Å². The van der Waals surface area contributed by atoms with Crippen LogP contribution in [0.15, 0.2) is 30.6 Å². The molecule has 0 atom stereocenters. The monoisotopic (exact) mass is 242 g/mol. The highest BCUT2D eigenvalue weighted by Crippen LogP contribution is 2.13. The van der Waals surface area contributed by atoms with Crippen LogP contribution in [0.5, 0.6) is 0 Å². The van der Waals surface area contributed by atoms with Crippen molar-refractivity contribution in [2.45, 2.75) is 13.8 Å². The van der Waals surface area contributed by atoms with Crippen LogP contribution in [0.25, 0.3) is 6.08 Å². The molecule has 2 N–H and O–H groups in total. The van der Waals surface area contributed by atoms with Crippen LogP contribution in [0.4, 0.5) is 5.82 Å². The summed E-state index contributed by atoms with van der Waals surface area (Å²) in [7, 11) is 0. The number of nitrogens with zero attached hydrogens (tertiary/aromatic N) is 2. The Labute approximate surface area is 105 Å². The summed E-state index contributed by atoms with van der Waals surface area (Å²) in [5.74, 6) is 0.349. The molecule has 0 saturated heterocycles. The molecular weight excluding hydrogens is 228 g/mol.